The number of aliphatic imine (C=N–C) groups is 1. The SMILES string of the molecule is CCC1OC(=O)C(c2cc[nH]c2)C1C1C#CCC2CC3(O)C4=C5NC(CO)C(=O)CC(c6ccc(O)cc6)CSSCC6C(O)C(O)CC(C)(C4CCC3(CCNC(N)=NCc3ccccc3)C2C(C)(O)C(O)CC(C)C2CC=C3CCC(C)CC3C2C1)C6C5=O. The van der Waals surface area contributed by atoms with Crippen molar-refractivity contribution in [2.45, 2.75) is 185 Å². The minimum atomic E-state index is -1.97. The Kier molecular flexibility index (Phi) is 19.3. The highest BCUT2D eigenvalue weighted by Crippen LogP contribution is 2.73. The molecule has 0 spiro atoms. The molecule has 2 aromatic carbocycles. The normalized spacial score (nSPS) is 42.0. The second-order valence-corrected chi connectivity index (χ2v) is 32.2. The minimum absolute atomic E-state index is 0.00705. The van der Waals surface area contributed by atoms with Crippen molar-refractivity contribution < 1.29 is 54.9 Å². The third-order valence-electron chi connectivity index (χ3n) is 24.6. The number of hydrogen-bond donors (Lipinski definition) is 11. The first-order chi connectivity index (χ1) is 43.6. The van der Waals surface area contributed by atoms with Gasteiger partial charge in [-0.25, -0.2) is 4.99 Å². The number of cyclic esters (lactones) is 1. The molecule has 91 heavy (non-hydrogen) atoms. The number of ether oxygens (including phenoxy) is 1. The molecule has 18 heteroatoms. The van der Waals surface area contributed by atoms with Crippen LogP contribution in [0, 0.1) is 93.7 Å². The van der Waals surface area contributed by atoms with Gasteiger partial charge < -0.3 is 61.8 Å². The van der Waals surface area contributed by atoms with Crippen LogP contribution < -0.4 is 16.4 Å². The summed E-state index contributed by atoms with van der Waals surface area (Å²) >= 11 is 0. The number of benzene rings is 2. The zero-order valence-electron chi connectivity index (χ0n) is 53.5. The second kappa shape index (κ2) is 26.6. The Morgan fingerprint density at radius 1 is 0.923 bits per heavy atom. The van der Waals surface area contributed by atoms with Crippen molar-refractivity contribution in [3.63, 3.8) is 0 Å². The van der Waals surface area contributed by atoms with E-state index >= 15 is 14.7 Å². The van der Waals surface area contributed by atoms with Crippen LogP contribution >= 0.6 is 21.6 Å². The van der Waals surface area contributed by atoms with Gasteiger partial charge in [-0.1, -0.05) is 109 Å². The predicted octanol–water partition coefficient (Wildman–Crippen LogP) is 8.85. The highest BCUT2D eigenvalue weighted by molar-refractivity contribution is 8.76. The van der Waals surface area contributed by atoms with Crippen LogP contribution in [0.4, 0.5) is 0 Å². The summed E-state index contributed by atoms with van der Waals surface area (Å²) in [5, 5.41) is 95.3. The Balaban J connectivity index is 1.03. The summed E-state index contributed by atoms with van der Waals surface area (Å²) in [4.78, 5) is 53.7. The first-order valence-corrected chi connectivity index (χ1v) is 36.4. The van der Waals surface area contributed by atoms with Crippen molar-refractivity contribution in [1.82, 2.24) is 15.6 Å². The predicted molar refractivity (Wildman–Crippen MR) is 354 cm³/mol. The van der Waals surface area contributed by atoms with Crippen molar-refractivity contribution in [3.05, 3.63) is 113 Å². The van der Waals surface area contributed by atoms with E-state index < -0.39 is 94.3 Å². The molecule has 2 saturated heterocycles. The summed E-state index contributed by atoms with van der Waals surface area (Å²) in [5.74, 6) is 3.46. The number of nitrogens with one attached hydrogen (secondary N) is 3. The number of guanidine groups is 1. The highest BCUT2D eigenvalue weighted by Gasteiger charge is 2.75. The molecule has 12 N–H and O–H groups in total. The van der Waals surface area contributed by atoms with Crippen LogP contribution in [-0.4, -0.2) is 131 Å². The number of nitrogens with zero attached hydrogens (tertiary/aromatic N) is 1. The van der Waals surface area contributed by atoms with E-state index in [0.717, 1.165) is 42.4 Å². The van der Waals surface area contributed by atoms with Crippen LogP contribution in [0.1, 0.15) is 153 Å². The van der Waals surface area contributed by atoms with E-state index in [1.54, 1.807) is 31.2 Å². The summed E-state index contributed by atoms with van der Waals surface area (Å²) in [6, 6.07) is 17.1. The Labute approximate surface area is 544 Å². The number of Topliss-reactive ketones (excluding diaryl/α,β-unsaturated/α-hetero) is 2. The molecule has 1 aromatic heterocycles. The summed E-state index contributed by atoms with van der Waals surface area (Å²) in [6.07, 6.45) is 8.71. The summed E-state index contributed by atoms with van der Waals surface area (Å²) < 4.78 is 6.35. The van der Waals surface area contributed by atoms with Crippen LogP contribution in [0.15, 0.2) is 101 Å². The molecule has 3 heterocycles. The van der Waals surface area contributed by atoms with Gasteiger partial charge in [-0.3, -0.25) is 14.4 Å². The first-order valence-electron chi connectivity index (χ1n) is 33.9. The van der Waals surface area contributed by atoms with Crippen molar-refractivity contribution in [3.8, 4) is 17.6 Å². The molecule has 9 aliphatic rings. The van der Waals surface area contributed by atoms with Crippen LogP contribution in [-0.2, 0) is 25.7 Å². The third kappa shape index (κ3) is 12.1. The number of allylic oxidation sites excluding steroid dienone is 3. The van der Waals surface area contributed by atoms with Gasteiger partial charge in [-0.05, 0) is 171 Å². The maximum absolute atomic E-state index is 16.4. The molecule has 6 fully saturated rings. The van der Waals surface area contributed by atoms with E-state index in [-0.39, 0.29) is 116 Å². The number of phenols is 1. The van der Waals surface area contributed by atoms with Crippen LogP contribution in [0.5, 0.6) is 5.75 Å². The fourth-order valence-electron chi connectivity index (χ4n) is 20.3. The van der Waals surface area contributed by atoms with Crippen molar-refractivity contribution in [1.29, 1.82) is 0 Å². The standard InChI is InChI=1S/C73H97N5O11S2/c1-6-58-60(61(68(86)89-58)47-24-27-75-36-47)45-13-10-14-46-33-73(88)63-54(70(4)34-57(82)65(84)53-39-91-90-38-48(43-17-20-49(80)21-18-43)32-56(81)55(37-79)78-64(63)66(85)62(53)70)23-25-72(73,26-28-76-69(74)77-35-42-11-8-7-9-12-42)67(46)71(5,87)59(83)30-41(3)50-22-19-44-16-15-40(2)29-51(44)52(50)31-45/h7-9,11-12,17-21,24,27,36,40-41,45-46,48,50-55,57-62,65,67,75,78-80,82-84,87-88H,6,14-16,22-23,25-26,28-35,37-39H2,1-5H3,(H3,74,76,77). The number of rotatable bonds is 10. The van der Waals surface area contributed by atoms with E-state index in [9.17, 15) is 35.4 Å². The largest absolute Gasteiger partial charge is 0.508 e. The average molecular weight is 1280 g/mol. The molecule has 0 amide bonds. The number of carbonyl (C=O) groups excluding carboxylic acids is 3. The molecular weight excluding hydrogens is 1190 g/mol. The maximum Gasteiger partial charge on any atom is 0.314 e. The Morgan fingerprint density at radius 3 is 2.43 bits per heavy atom. The lowest BCUT2D eigenvalue weighted by Gasteiger charge is -2.63. The number of phenolic OH excluding ortho intramolecular Hbond substituents is 1. The van der Waals surface area contributed by atoms with Gasteiger partial charge in [0.1, 0.15) is 17.9 Å². The van der Waals surface area contributed by atoms with Crippen molar-refractivity contribution in [2.75, 3.05) is 24.7 Å². The molecule has 3 aromatic rings. The molecule has 23 atom stereocenters. The smallest absolute Gasteiger partial charge is 0.314 e. The van der Waals surface area contributed by atoms with E-state index in [0.29, 0.717) is 61.1 Å². The molecule has 0 radical (unpaired) electrons. The molecule has 2 bridgehead atoms. The Hall–Kier alpha value is -5.10. The van der Waals surface area contributed by atoms with Gasteiger partial charge in [0.25, 0.3) is 0 Å². The zero-order valence-corrected chi connectivity index (χ0v) is 55.1. The number of aromatic nitrogens is 1. The van der Waals surface area contributed by atoms with Crippen LogP contribution in [0.25, 0.3) is 0 Å². The number of H-pyrrole nitrogens is 1. The lowest BCUT2D eigenvalue weighted by Crippen LogP contribution is -2.67. The summed E-state index contributed by atoms with van der Waals surface area (Å²) in [5.41, 5.74) is 5.02. The molecule has 2 aliphatic heterocycles. The number of esters is 1. The third-order valence-corrected chi connectivity index (χ3v) is 27.1. The van der Waals surface area contributed by atoms with Crippen molar-refractivity contribution in [2.24, 2.45) is 92.6 Å². The number of carbonyl (C=O) groups is 3. The Morgan fingerprint density at radius 2 is 1.69 bits per heavy atom. The van der Waals surface area contributed by atoms with Gasteiger partial charge in [0, 0.05) is 84.2 Å². The zero-order chi connectivity index (χ0) is 64.3. The van der Waals surface area contributed by atoms with Crippen molar-refractivity contribution >= 4 is 45.1 Å². The summed E-state index contributed by atoms with van der Waals surface area (Å²) in [7, 11) is 3.00. The molecule has 23 unspecified atom stereocenters. The monoisotopic (exact) mass is 1280 g/mol. The number of aliphatic hydroxyl groups is 6. The van der Waals surface area contributed by atoms with E-state index in [1.807, 2.05) is 55.7 Å². The summed E-state index contributed by atoms with van der Waals surface area (Å²) in [6.45, 7) is 10.2. The van der Waals surface area contributed by atoms with Gasteiger partial charge in [-0.2, -0.15) is 0 Å². The molecule has 7 aliphatic carbocycles. The van der Waals surface area contributed by atoms with Gasteiger partial charge in [0.2, 0.25) is 0 Å². The number of aromatic amines is 1. The average Bonchev–Trinajstić information content (AvgIpc) is 1.60. The fraction of sp³-hybridized carbons (Fsp3) is 0.644. The number of fused-ring (bicyclic) bond motifs is 10. The topological polar surface area (TPSA) is 280 Å². The number of nitrogens with two attached hydrogens (primary N) is 1. The van der Waals surface area contributed by atoms with Crippen LogP contribution in [0.2, 0.25) is 0 Å². The highest BCUT2D eigenvalue weighted by atomic mass is 33.1. The van der Waals surface area contributed by atoms with Gasteiger partial charge in [0.15, 0.2) is 17.5 Å². The van der Waals surface area contributed by atoms with E-state index in [1.165, 1.54) is 27.2 Å². The Bertz CT molecular complexity index is 3290. The van der Waals surface area contributed by atoms with E-state index in [2.05, 4.69) is 54.3 Å². The molecule has 4 saturated carbocycles. The lowest BCUT2D eigenvalue weighted by atomic mass is 9.43. The molecular formula is C73H97N5O11S2. The number of aromatic hydroxyl groups is 1. The number of ketones is 2. The minimum Gasteiger partial charge on any atom is -0.508 e. The number of aliphatic hydroxyl groups excluding tert-OH is 4. The fourth-order valence-corrected chi connectivity index (χ4v) is 23.0. The van der Waals surface area contributed by atoms with E-state index in [4.69, 9.17) is 15.5 Å². The first kappa shape index (κ1) is 65.9. The van der Waals surface area contributed by atoms with Crippen LogP contribution in [0.3, 0.4) is 0 Å². The quantitative estimate of drug-likeness (QED) is 0.0226. The van der Waals surface area contributed by atoms with Gasteiger partial charge >= 0.3 is 5.97 Å². The lowest BCUT2D eigenvalue weighted by molar-refractivity contribution is -0.194. The molecule has 16 nitrogen and oxygen atoms in total. The molecule has 12 rings (SSSR count). The van der Waals surface area contributed by atoms with Gasteiger partial charge in [-0.15, -0.1) is 5.92 Å². The molecule has 492 valence electrons. The maximum atomic E-state index is 16.4. The second-order valence-electron chi connectivity index (χ2n) is 29.6. The van der Waals surface area contributed by atoms with Gasteiger partial charge in [0.05, 0.1) is 54.3 Å². The number of hydrogen-bond acceptors (Lipinski definition) is 15.